The lowest BCUT2D eigenvalue weighted by molar-refractivity contribution is -0.900. The third-order valence-corrected chi connectivity index (χ3v) is 3.62. The number of anilines is 1. The first kappa shape index (κ1) is 14.5. The van der Waals surface area contributed by atoms with Crippen LogP contribution >= 0.6 is 0 Å². The Hall–Kier alpha value is -1.95. The van der Waals surface area contributed by atoms with Gasteiger partial charge in [0, 0.05) is 23.7 Å². The molecule has 20 heavy (non-hydrogen) atoms. The largest absolute Gasteiger partial charge is 0.327 e. The molecule has 1 heterocycles. The van der Waals surface area contributed by atoms with Crippen LogP contribution in [0.4, 0.5) is 11.4 Å². The van der Waals surface area contributed by atoms with Crippen LogP contribution in [0.15, 0.2) is 24.3 Å². The number of carbonyl (C=O) groups excluding carboxylic acids is 1. The molecule has 1 aliphatic rings. The fourth-order valence-electron chi connectivity index (χ4n) is 2.69. The van der Waals surface area contributed by atoms with Crippen LogP contribution in [0.2, 0.25) is 0 Å². The minimum atomic E-state index is -0.465. The van der Waals surface area contributed by atoms with Crippen molar-refractivity contribution in [3.8, 4) is 0 Å². The molecule has 0 radical (unpaired) electrons. The Bertz CT molecular complexity index is 504. The van der Waals surface area contributed by atoms with Crippen molar-refractivity contribution in [3.05, 3.63) is 34.4 Å². The molecule has 1 aromatic carbocycles. The number of nitrogens with zero attached hydrogens (tertiary/aromatic N) is 1. The van der Waals surface area contributed by atoms with Crippen LogP contribution in [0.3, 0.4) is 0 Å². The molecule has 0 aromatic heterocycles. The number of carbonyl (C=O) groups is 1. The van der Waals surface area contributed by atoms with Gasteiger partial charge in [0.2, 0.25) is 0 Å². The van der Waals surface area contributed by atoms with E-state index in [2.05, 4.69) is 12.2 Å². The van der Waals surface area contributed by atoms with Gasteiger partial charge in [-0.2, -0.15) is 0 Å². The fourth-order valence-corrected chi connectivity index (χ4v) is 2.69. The number of hydrogen-bond acceptors (Lipinski definition) is 3. The SMILES string of the molecule is C[C@H]1CCC[NH+](CC(=O)Nc2cccc([N+](=O)[O-])c2)C1. The Balaban J connectivity index is 1.91. The number of likely N-dealkylation sites (tertiary alicyclic amines) is 1. The Morgan fingerprint density at radius 1 is 1.55 bits per heavy atom. The second-order valence-electron chi connectivity index (χ2n) is 5.48. The van der Waals surface area contributed by atoms with Gasteiger partial charge in [0.15, 0.2) is 6.54 Å². The first-order valence-electron chi connectivity index (χ1n) is 6.92. The maximum Gasteiger partial charge on any atom is 0.279 e. The number of nitro groups is 1. The quantitative estimate of drug-likeness (QED) is 0.633. The lowest BCUT2D eigenvalue weighted by Gasteiger charge is -2.27. The van der Waals surface area contributed by atoms with Crippen LogP contribution in [0.25, 0.3) is 0 Å². The molecule has 6 nitrogen and oxygen atoms in total. The van der Waals surface area contributed by atoms with Crippen molar-refractivity contribution >= 4 is 17.3 Å². The van der Waals surface area contributed by atoms with Crippen LogP contribution in [-0.4, -0.2) is 30.5 Å². The molecule has 6 heteroatoms. The molecule has 0 aliphatic carbocycles. The molecular weight excluding hydrogens is 258 g/mol. The highest BCUT2D eigenvalue weighted by Gasteiger charge is 2.22. The zero-order valence-electron chi connectivity index (χ0n) is 11.6. The lowest BCUT2D eigenvalue weighted by Crippen LogP contribution is -3.14. The first-order chi connectivity index (χ1) is 9.54. The Morgan fingerprint density at radius 2 is 2.35 bits per heavy atom. The van der Waals surface area contributed by atoms with Crippen LogP contribution in [0, 0.1) is 16.0 Å². The van der Waals surface area contributed by atoms with E-state index in [0.717, 1.165) is 19.5 Å². The molecule has 1 fully saturated rings. The average molecular weight is 278 g/mol. The Kier molecular flexibility index (Phi) is 4.68. The van der Waals surface area contributed by atoms with Gasteiger partial charge in [-0.3, -0.25) is 14.9 Å². The average Bonchev–Trinajstić information content (AvgIpc) is 2.38. The highest BCUT2D eigenvalue weighted by atomic mass is 16.6. The Labute approximate surface area is 117 Å². The van der Waals surface area contributed by atoms with Crippen LogP contribution in [0.1, 0.15) is 19.8 Å². The van der Waals surface area contributed by atoms with Gasteiger partial charge in [-0.25, -0.2) is 0 Å². The van der Waals surface area contributed by atoms with E-state index in [1.807, 2.05) is 0 Å². The zero-order chi connectivity index (χ0) is 14.5. The maximum absolute atomic E-state index is 12.0. The summed E-state index contributed by atoms with van der Waals surface area (Å²) in [6, 6.07) is 6.03. The topological polar surface area (TPSA) is 76.7 Å². The highest BCUT2D eigenvalue weighted by Crippen LogP contribution is 2.16. The van der Waals surface area contributed by atoms with E-state index in [1.165, 1.54) is 23.5 Å². The summed E-state index contributed by atoms with van der Waals surface area (Å²) in [5.74, 6) is 0.568. The van der Waals surface area contributed by atoms with Crippen molar-refractivity contribution in [3.63, 3.8) is 0 Å². The number of non-ortho nitro benzene ring substituents is 1. The van der Waals surface area contributed by atoms with Crippen molar-refractivity contribution in [2.45, 2.75) is 19.8 Å². The number of piperidine rings is 1. The summed E-state index contributed by atoms with van der Waals surface area (Å²) in [4.78, 5) is 23.5. The van der Waals surface area contributed by atoms with E-state index >= 15 is 0 Å². The minimum Gasteiger partial charge on any atom is -0.327 e. The summed E-state index contributed by atoms with van der Waals surface area (Å²) >= 11 is 0. The van der Waals surface area contributed by atoms with E-state index in [0.29, 0.717) is 18.2 Å². The van der Waals surface area contributed by atoms with Crippen LogP contribution in [-0.2, 0) is 4.79 Å². The molecule has 0 spiro atoms. The van der Waals surface area contributed by atoms with Gasteiger partial charge in [0.1, 0.15) is 0 Å². The van der Waals surface area contributed by atoms with E-state index in [-0.39, 0.29) is 11.6 Å². The third-order valence-electron chi connectivity index (χ3n) is 3.62. The predicted molar refractivity (Wildman–Crippen MR) is 75.7 cm³/mol. The molecule has 1 saturated heterocycles. The van der Waals surface area contributed by atoms with E-state index in [1.54, 1.807) is 12.1 Å². The van der Waals surface area contributed by atoms with Crippen molar-refractivity contribution in [1.29, 1.82) is 0 Å². The number of amides is 1. The van der Waals surface area contributed by atoms with Crippen molar-refractivity contribution < 1.29 is 14.6 Å². The predicted octanol–water partition coefficient (Wildman–Crippen LogP) is 0.848. The van der Waals surface area contributed by atoms with E-state index < -0.39 is 4.92 Å². The van der Waals surface area contributed by atoms with Crippen molar-refractivity contribution in [1.82, 2.24) is 0 Å². The minimum absolute atomic E-state index is 0.0123. The molecule has 0 saturated carbocycles. The normalized spacial score (nSPS) is 22.2. The summed E-state index contributed by atoms with van der Waals surface area (Å²) in [5.41, 5.74) is 0.468. The summed E-state index contributed by atoms with van der Waals surface area (Å²) in [5, 5.41) is 13.4. The van der Waals surface area contributed by atoms with Gasteiger partial charge in [0.25, 0.3) is 11.6 Å². The number of benzene rings is 1. The summed E-state index contributed by atoms with van der Waals surface area (Å²) in [6.07, 6.45) is 2.39. The molecule has 2 N–H and O–H groups in total. The maximum atomic E-state index is 12.0. The standard InChI is InChI=1S/C14H19N3O3/c1-11-4-3-7-16(9-11)10-14(18)15-12-5-2-6-13(8-12)17(19)20/h2,5-6,8,11H,3-4,7,9-10H2,1H3,(H,15,18)/p+1/t11-/m0/s1. The molecular formula is C14H20N3O3+. The fraction of sp³-hybridized carbons (Fsp3) is 0.500. The monoisotopic (exact) mass is 278 g/mol. The Morgan fingerprint density at radius 3 is 3.05 bits per heavy atom. The van der Waals surface area contributed by atoms with Crippen LogP contribution in [0.5, 0.6) is 0 Å². The smallest absolute Gasteiger partial charge is 0.279 e. The lowest BCUT2D eigenvalue weighted by atomic mass is 10.0. The molecule has 2 rings (SSSR count). The van der Waals surface area contributed by atoms with Gasteiger partial charge >= 0.3 is 0 Å². The summed E-state index contributed by atoms with van der Waals surface area (Å²) in [6.45, 7) is 4.67. The van der Waals surface area contributed by atoms with Gasteiger partial charge < -0.3 is 10.2 Å². The number of nitrogens with one attached hydrogen (secondary N) is 2. The molecule has 2 atom stereocenters. The summed E-state index contributed by atoms with van der Waals surface area (Å²) < 4.78 is 0. The second-order valence-corrected chi connectivity index (χ2v) is 5.48. The van der Waals surface area contributed by atoms with Gasteiger partial charge in [-0.15, -0.1) is 0 Å². The second kappa shape index (κ2) is 6.47. The number of rotatable bonds is 4. The third kappa shape index (κ3) is 4.03. The molecule has 1 aromatic rings. The zero-order valence-corrected chi connectivity index (χ0v) is 11.6. The molecule has 108 valence electrons. The van der Waals surface area contributed by atoms with Crippen molar-refractivity contribution in [2.75, 3.05) is 25.0 Å². The summed E-state index contributed by atoms with van der Waals surface area (Å²) in [7, 11) is 0. The van der Waals surface area contributed by atoms with Gasteiger partial charge in [-0.05, 0) is 18.9 Å². The molecule has 1 aliphatic heterocycles. The highest BCUT2D eigenvalue weighted by molar-refractivity contribution is 5.91. The number of hydrogen-bond donors (Lipinski definition) is 2. The van der Waals surface area contributed by atoms with Gasteiger partial charge in [-0.1, -0.05) is 13.0 Å². The van der Waals surface area contributed by atoms with Gasteiger partial charge in [0.05, 0.1) is 18.0 Å². The molecule has 1 amide bonds. The van der Waals surface area contributed by atoms with E-state index in [4.69, 9.17) is 0 Å². The van der Waals surface area contributed by atoms with Crippen molar-refractivity contribution in [2.24, 2.45) is 5.92 Å². The van der Waals surface area contributed by atoms with E-state index in [9.17, 15) is 14.9 Å². The molecule has 0 bridgehead atoms. The number of quaternary nitrogens is 1. The number of nitro benzene ring substituents is 1. The molecule has 1 unspecified atom stereocenters. The first-order valence-corrected chi connectivity index (χ1v) is 6.92. The van der Waals surface area contributed by atoms with Crippen LogP contribution < -0.4 is 10.2 Å².